The smallest absolute Gasteiger partial charge is 0.119 e. The van der Waals surface area contributed by atoms with Gasteiger partial charge in [0.05, 0.1) is 7.11 Å². The second-order valence-corrected chi connectivity index (χ2v) is 5.27. The summed E-state index contributed by atoms with van der Waals surface area (Å²) in [5.74, 6) is 2.08. The van der Waals surface area contributed by atoms with Crippen molar-refractivity contribution in [3.8, 4) is 5.75 Å². The Hall–Kier alpha value is -1.06. The van der Waals surface area contributed by atoms with E-state index in [0.717, 1.165) is 25.4 Å². The summed E-state index contributed by atoms with van der Waals surface area (Å²) in [6.45, 7) is 7.24. The molecule has 1 heterocycles. The number of benzene rings is 1. The molecule has 100 valence electrons. The molecule has 1 fully saturated rings. The Balaban J connectivity index is 2.37. The summed E-state index contributed by atoms with van der Waals surface area (Å²) < 4.78 is 5.33. The van der Waals surface area contributed by atoms with Gasteiger partial charge < -0.3 is 15.8 Å². The Morgan fingerprint density at radius 2 is 2.00 bits per heavy atom. The van der Waals surface area contributed by atoms with E-state index < -0.39 is 0 Å². The number of ether oxygens (including phenoxy) is 1. The van der Waals surface area contributed by atoms with Gasteiger partial charge in [-0.15, -0.1) is 0 Å². The van der Waals surface area contributed by atoms with Gasteiger partial charge in [-0.3, -0.25) is 0 Å². The first-order valence-electron chi connectivity index (χ1n) is 6.73. The molecule has 3 heteroatoms. The maximum Gasteiger partial charge on any atom is 0.119 e. The van der Waals surface area contributed by atoms with E-state index in [9.17, 15) is 0 Å². The predicted octanol–water partition coefficient (Wildman–Crippen LogP) is 1.96. The fraction of sp³-hybridized carbons (Fsp3) is 0.600. The number of piperidine rings is 1. The molecule has 1 aromatic carbocycles. The molecule has 1 aliphatic rings. The van der Waals surface area contributed by atoms with E-state index in [1.807, 2.05) is 0 Å². The Labute approximate surface area is 110 Å². The molecule has 0 saturated carbocycles. The molecule has 0 bridgehead atoms. The summed E-state index contributed by atoms with van der Waals surface area (Å²) >= 11 is 0. The molecule has 3 N–H and O–H groups in total. The van der Waals surface area contributed by atoms with E-state index in [-0.39, 0.29) is 0 Å². The number of rotatable bonds is 3. The first kappa shape index (κ1) is 13.4. The summed E-state index contributed by atoms with van der Waals surface area (Å²) in [6.07, 6.45) is 1.18. The normalized spacial score (nSPS) is 24.0. The average Bonchev–Trinajstić information content (AvgIpc) is 2.38. The van der Waals surface area contributed by atoms with Crippen molar-refractivity contribution in [2.24, 2.45) is 11.7 Å². The molecule has 0 aliphatic carbocycles. The molecule has 1 aliphatic heterocycles. The second kappa shape index (κ2) is 5.72. The fourth-order valence-electron chi connectivity index (χ4n) is 3.19. The van der Waals surface area contributed by atoms with E-state index in [0.29, 0.717) is 11.8 Å². The van der Waals surface area contributed by atoms with Crippen LogP contribution in [-0.2, 0) is 0 Å². The lowest BCUT2D eigenvalue weighted by Crippen LogP contribution is -2.39. The molecule has 18 heavy (non-hydrogen) atoms. The molecular weight excluding hydrogens is 224 g/mol. The van der Waals surface area contributed by atoms with Gasteiger partial charge in [-0.1, -0.05) is 0 Å². The topological polar surface area (TPSA) is 47.3 Å². The largest absolute Gasteiger partial charge is 0.497 e. The second-order valence-electron chi connectivity index (χ2n) is 5.27. The monoisotopic (exact) mass is 248 g/mol. The van der Waals surface area contributed by atoms with Crippen molar-refractivity contribution in [1.29, 1.82) is 0 Å². The number of aryl methyl sites for hydroxylation is 2. The maximum absolute atomic E-state index is 5.92. The van der Waals surface area contributed by atoms with Crippen molar-refractivity contribution in [2.75, 3.05) is 26.7 Å². The molecular formula is C15H24N2O. The molecule has 1 aromatic rings. The molecule has 0 radical (unpaired) electrons. The zero-order valence-electron chi connectivity index (χ0n) is 11.6. The van der Waals surface area contributed by atoms with Gasteiger partial charge in [0, 0.05) is 0 Å². The van der Waals surface area contributed by atoms with Gasteiger partial charge in [-0.25, -0.2) is 0 Å². The zero-order chi connectivity index (χ0) is 13.1. The van der Waals surface area contributed by atoms with Crippen molar-refractivity contribution in [3.05, 3.63) is 28.8 Å². The van der Waals surface area contributed by atoms with Crippen LogP contribution >= 0.6 is 0 Å². The standard InChI is InChI=1S/C15H24N2O/c1-10-6-13(18-3)7-11(2)15(10)14-4-5-17-9-12(14)8-16/h6-7,12,14,17H,4-5,8-9,16H2,1-3H3. The van der Waals surface area contributed by atoms with Crippen LogP contribution in [0.2, 0.25) is 0 Å². The van der Waals surface area contributed by atoms with Crippen molar-refractivity contribution < 1.29 is 4.74 Å². The van der Waals surface area contributed by atoms with Crippen LogP contribution in [-0.4, -0.2) is 26.7 Å². The number of hydrogen-bond donors (Lipinski definition) is 2. The summed E-state index contributed by atoms with van der Waals surface area (Å²) in [7, 11) is 1.72. The molecule has 2 unspecified atom stereocenters. The van der Waals surface area contributed by atoms with Crippen molar-refractivity contribution in [3.63, 3.8) is 0 Å². The van der Waals surface area contributed by atoms with Crippen LogP contribution in [0.5, 0.6) is 5.75 Å². The van der Waals surface area contributed by atoms with Gasteiger partial charge in [0.1, 0.15) is 5.75 Å². The summed E-state index contributed by atoms with van der Waals surface area (Å²) in [4.78, 5) is 0. The highest BCUT2D eigenvalue weighted by molar-refractivity contribution is 5.43. The van der Waals surface area contributed by atoms with E-state index >= 15 is 0 Å². The highest BCUT2D eigenvalue weighted by Gasteiger charge is 2.27. The van der Waals surface area contributed by atoms with Crippen LogP contribution in [0.1, 0.15) is 29.0 Å². The summed E-state index contributed by atoms with van der Waals surface area (Å²) in [5, 5.41) is 3.44. The number of hydrogen-bond acceptors (Lipinski definition) is 3. The summed E-state index contributed by atoms with van der Waals surface area (Å²) in [5.41, 5.74) is 10.1. The first-order valence-corrected chi connectivity index (χ1v) is 6.73. The molecule has 0 amide bonds. The third kappa shape index (κ3) is 2.52. The Bertz CT molecular complexity index is 394. The van der Waals surface area contributed by atoms with E-state index in [2.05, 4.69) is 31.3 Å². The maximum atomic E-state index is 5.92. The quantitative estimate of drug-likeness (QED) is 0.859. The third-order valence-corrected chi connectivity index (χ3v) is 4.08. The predicted molar refractivity (Wildman–Crippen MR) is 75.2 cm³/mol. The Morgan fingerprint density at radius 1 is 1.33 bits per heavy atom. The van der Waals surface area contributed by atoms with Gasteiger partial charge in [-0.05, 0) is 80.6 Å². The third-order valence-electron chi connectivity index (χ3n) is 4.08. The van der Waals surface area contributed by atoms with Crippen molar-refractivity contribution >= 4 is 0 Å². The molecule has 2 atom stereocenters. The van der Waals surface area contributed by atoms with Crippen molar-refractivity contribution in [2.45, 2.75) is 26.2 Å². The lowest BCUT2D eigenvalue weighted by Gasteiger charge is -2.33. The molecule has 2 rings (SSSR count). The van der Waals surface area contributed by atoms with Gasteiger partial charge >= 0.3 is 0 Å². The highest BCUT2D eigenvalue weighted by Crippen LogP contribution is 2.35. The molecule has 1 saturated heterocycles. The van der Waals surface area contributed by atoms with Crippen LogP contribution < -0.4 is 15.8 Å². The number of nitrogens with one attached hydrogen (secondary N) is 1. The van der Waals surface area contributed by atoms with Gasteiger partial charge in [0.25, 0.3) is 0 Å². The Kier molecular flexibility index (Phi) is 4.25. The SMILES string of the molecule is COc1cc(C)c(C2CCNCC2CN)c(C)c1. The van der Waals surface area contributed by atoms with Crippen LogP contribution in [0.25, 0.3) is 0 Å². The van der Waals surface area contributed by atoms with Crippen LogP contribution in [0, 0.1) is 19.8 Å². The zero-order valence-corrected chi connectivity index (χ0v) is 11.6. The van der Waals surface area contributed by atoms with E-state index in [1.165, 1.54) is 23.1 Å². The molecule has 0 spiro atoms. The lowest BCUT2D eigenvalue weighted by atomic mass is 9.77. The average molecular weight is 248 g/mol. The minimum atomic E-state index is 0.546. The van der Waals surface area contributed by atoms with Crippen LogP contribution in [0.4, 0.5) is 0 Å². The molecule has 3 nitrogen and oxygen atoms in total. The Morgan fingerprint density at radius 3 is 2.56 bits per heavy atom. The van der Waals surface area contributed by atoms with Gasteiger partial charge in [0.15, 0.2) is 0 Å². The first-order chi connectivity index (χ1) is 8.67. The highest BCUT2D eigenvalue weighted by atomic mass is 16.5. The minimum absolute atomic E-state index is 0.546. The van der Waals surface area contributed by atoms with E-state index in [1.54, 1.807) is 7.11 Å². The number of nitrogens with two attached hydrogens (primary N) is 1. The van der Waals surface area contributed by atoms with Crippen molar-refractivity contribution in [1.82, 2.24) is 5.32 Å². The minimum Gasteiger partial charge on any atom is -0.497 e. The summed E-state index contributed by atoms with van der Waals surface area (Å²) in [6, 6.07) is 4.27. The molecule has 0 aromatic heterocycles. The lowest BCUT2D eigenvalue weighted by molar-refractivity contribution is 0.331. The van der Waals surface area contributed by atoms with E-state index in [4.69, 9.17) is 10.5 Å². The van der Waals surface area contributed by atoms with Crippen LogP contribution in [0.3, 0.4) is 0 Å². The fourth-order valence-corrected chi connectivity index (χ4v) is 3.19. The van der Waals surface area contributed by atoms with Gasteiger partial charge in [0.2, 0.25) is 0 Å². The van der Waals surface area contributed by atoms with Crippen LogP contribution in [0.15, 0.2) is 12.1 Å². The number of methoxy groups -OCH3 is 1. The van der Waals surface area contributed by atoms with Gasteiger partial charge in [-0.2, -0.15) is 0 Å².